The van der Waals surface area contributed by atoms with E-state index in [2.05, 4.69) is 5.16 Å². The van der Waals surface area contributed by atoms with Gasteiger partial charge in [0.15, 0.2) is 17.6 Å². The predicted octanol–water partition coefficient (Wildman–Crippen LogP) is 0.545. The molecule has 0 bridgehead atoms. The summed E-state index contributed by atoms with van der Waals surface area (Å²) in [6, 6.07) is 3.60. The second-order valence-corrected chi connectivity index (χ2v) is 7.16. The lowest BCUT2D eigenvalue weighted by molar-refractivity contribution is 0.0175. The van der Waals surface area contributed by atoms with Crippen LogP contribution < -0.4 is 14.2 Å². The minimum atomic E-state index is -3.53. The zero-order valence-electron chi connectivity index (χ0n) is 12.4. The van der Waals surface area contributed by atoms with Crippen molar-refractivity contribution in [1.29, 1.82) is 0 Å². The van der Waals surface area contributed by atoms with Gasteiger partial charge in [0.05, 0.1) is 12.2 Å². The van der Waals surface area contributed by atoms with Gasteiger partial charge in [-0.1, -0.05) is 5.16 Å². The van der Waals surface area contributed by atoms with Crippen LogP contribution in [0.25, 0.3) is 0 Å². The molecule has 0 amide bonds. The van der Waals surface area contributed by atoms with Crippen molar-refractivity contribution in [3.8, 4) is 17.2 Å². The molecule has 0 N–H and O–H groups in total. The van der Waals surface area contributed by atoms with Gasteiger partial charge >= 0.3 is 0 Å². The van der Waals surface area contributed by atoms with E-state index in [-0.39, 0.29) is 12.5 Å². The van der Waals surface area contributed by atoms with Crippen molar-refractivity contribution in [2.24, 2.45) is 11.1 Å². The summed E-state index contributed by atoms with van der Waals surface area (Å²) < 4.78 is 44.0. The largest absolute Gasteiger partial charge is 0.492 e. The van der Waals surface area contributed by atoms with Crippen LogP contribution in [0.3, 0.4) is 0 Å². The van der Waals surface area contributed by atoms with Gasteiger partial charge in [-0.05, 0) is 6.07 Å². The Morgan fingerprint density at radius 2 is 1.91 bits per heavy atom. The van der Waals surface area contributed by atoms with E-state index >= 15 is 0 Å². The Labute approximate surface area is 133 Å². The lowest BCUT2D eigenvalue weighted by Crippen LogP contribution is -2.36. The third-order valence-corrected chi connectivity index (χ3v) is 4.44. The minimum Gasteiger partial charge on any atom is -0.492 e. The summed E-state index contributed by atoms with van der Waals surface area (Å²) in [5, 5.41) is 4.10. The highest BCUT2D eigenvalue weighted by molar-refractivity contribution is 7.85. The Kier molecular flexibility index (Phi) is 3.34. The molecule has 0 spiro atoms. The summed E-state index contributed by atoms with van der Waals surface area (Å²) >= 11 is 0. The Hall–Kier alpha value is -2.00. The van der Waals surface area contributed by atoms with Crippen LogP contribution in [-0.2, 0) is 19.1 Å². The van der Waals surface area contributed by atoms with Crippen LogP contribution in [0.1, 0.15) is 5.56 Å². The van der Waals surface area contributed by atoms with Gasteiger partial charge < -0.3 is 19.0 Å². The molecule has 3 aliphatic rings. The van der Waals surface area contributed by atoms with E-state index in [0.29, 0.717) is 42.8 Å². The highest BCUT2D eigenvalue weighted by Crippen LogP contribution is 2.41. The maximum absolute atomic E-state index is 11.1. The summed E-state index contributed by atoms with van der Waals surface area (Å²) in [4.78, 5) is 5.34. The number of hydrogen-bond acceptors (Lipinski definition) is 8. The first-order valence-corrected chi connectivity index (χ1v) is 8.98. The number of nitrogens with zero attached hydrogens (tertiary/aromatic N) is 1. The van der Waals surface area contributed by atoms with E-state index in [1.807, 2.05) is 6.07 Å². The van der Waals surface area contributed by atoms with E-state index < -0.39 is 16.2 Å². The molecule has 9 heteroatoms. The van der Waals surface area contributed by atoms with Crippen LogP contribution in [0.15, 0.2) is 17.3 Å². The number of rotatable bonds is 3. The van der Waals surface area contributed by atoms with Crippen molar-refractivity contribution in [3.63, 3.8) is 0 Å². The zero-order valence-corrected chi connectivity index (χ0v) is 13.2. The first-order valence-electron chi connectivity index (χ1n) is 7.16. The molecule has 1 aromatic rings. The number of oxime groups is 1. The lowest BCUT2D eigenvalue weighted by Gasteiger charge is -2.27. The number of fused-ring (bicyclic) bond motifs is 4. The summed E-state index contributed by atoms with van der Waals surface area (Å²) in [6.07, 6.45) is 0.501. The molecule has 0 fully saturated rings. The SMILES string of the molecule is CS(=O)(=O)OCC1ON=C2c3cc4c(cc3OCC21)OCCO4. The third kappa shape index (κ3) is 2.70. The van der Waals surface area contributed by atoms with Crippen molar-refractivity contribution < 1.29 is 31.6 Å². The molecule has 3 aliphatic heterocycles. The monoisotopic (exact) mass is 341 g/mol. The molecule has 4 rings (SSSR count). The van der Waals surface area contributed by atoms with Crippen LogP contribution in [0.5, 0.6) is 17.2 Å². The average molecular weight is 341 g/mol. The van der Waals surface area contributed by atoms with Gasteiger partial charge in [0.1, 0.15) is 37.9 Å². The maximum atomic E-state index is 11.1. The molecular weight excluding hydrogens is 326 g/mol. The van der Waals surface area contributed by atoms with Crippen molar-refractivity contribution in [2.45, 2.75) is 6.10 Å². The Morgan fingerprint density at radius 3 is 2.65 bits per heavy atom. The van der Waals surface area contributed by atoms with Crippen molar-refractivity contribution >= 4 is 15.8 Å². The van der Waals surface area contributed by atoms with Crippen LogP contribution in [-0.4, -0.2) is 52.9 Å². The van der Waals surface area contributed by atoms with Gasteiger partial charge in [-0.3, -0.25) is 4.18 Å². The molecule has 1 aromatic carbocycles. The van der Waals surface area contributed by atoms with Gasteiger partial charge in [-0.2, -0.15) is 8.42 Å². The summed E-state index contributed by atoms with van der Waals surface area (Å²) in [5.74, 6) is 1.74. The normalized spacial score (nSPS) is 24.8. The molecule has 2 unspecified atom stereocenters. The van der Waals surface area contributed by atoms with Gasteiger partial charge in [0.2, 0.25) is 0 Å². The average Bonchev–Trinajstić information content (AvgIpc) is 2.94. The molecule has 3 heterocycles. The fourth-order valence-corrected chi connectivity index (χ4v) is 3.16. The highest BCUT2D eigenvalue weighted by atomic mass is 32.2. The van der Waals surface area contributed by atoms with Gasteiger partial charge in [-0.15, -0.1) is 0 Å². The maximum Gasteiger partial charge on any atom is 0.264 e. The van der Waals surface area contributed by atoms with Crippen molar-refractivity contribution in [2.75, 3.05) is 32.7 Å². The van der Waals surface area contributed by atoms with Crippen molar-refractivity contribution in [3.05, 3.63) is 17.7 Å². The van der Waals surface area contributed by atoms with Gasteiger partial charge in [-0.25, -0.2) is 0 Å². The lowest BCUT2D eigenvalue weighted by atomic mass is 9.90. The van der Waals surface area contributed by atoms with Crippen LogP contribution in [0, 0.1) is 5.92 Å². The number of benzene rings is 1. The third-order valence-electron chi connectivity index (χ3n) is 3.87. The molecule has 0 radical (unpaired) electrons. The molecule has 0 saturated heterocycles. The fraction of sp³-hybridized carbons (Fsp3) is 0.500. The van der Waals surface area contributed by atoms with Crippen LogP contribution in [0.4, 0.5) is 0 Å². The Bertz CT molecular complexity index is 774. The second-order valence-electron chi connectivity index (χ2n) is 5.52. The standard InChI is InChI=1S/C14H15NO7S/c1-23(16,17)21-7-13-9-6-20-10-5-12-11(18-2-3-19-12)4-8(10)14(9)15-22-13/h4-5,9,13H,2-3,6-7H2,1H3. The number of hydrogen-bond donors (Lipinski definition) is 0. The van der Waals surface area contributed by atoms with E-state index in [4.69, 9.17) is 23.2 Å². The first-order chi connectivity index (χ1) is 11.0. The predicted molar refractivity (Wildman–Crippen MR) is 78.6 cm³/mol. The Balaban J connectivity index is 1.59. The summed E-state index contributed by atoms with van der Waals surface area (Å²) in [6.45, 7) is 1.23. The van der Waals surface area contributed by atoms with E-state index in [1.165, 1.54) is 0 Å². The van der Waals surface area contributed by atoms with E-state index in [1.54, 1.807) is 6.07 Å². The molecule has 0 aliphatic carbocycles. The molecular formula is C14H15NO7S. The van der Waals surface area contributed by atoms with Crippen molar-refractivity contribution in [1.82, 2.24) is 0 Å². The van der Waals surface area contributed by atoms with Crippen LogP contribution in [0.2, 0.25) is 0 Å². The molecule has 2 atom stereocenters. The zero-order chi connectivity index (χ0) is 16.0. The van der Waals surface area contributed by atoms with Gasteiger partial charge in [0.25, 0.3) is 10.1 Å². The second kappa shape index (κ2) is 5.27. The quantitative estimate of drug-likeness (QED) is 0.741. The Morgan fingerprint density at radius 1 is 1.17 bits per heavy atom. The van der Waals surface area contributed by atoms with E-state index in [9.17, 15) is 8.42 Å². The molecule has 8 nitrogen and oxygen atoms in total. The topological polar surface area (TPSA) is 92.7 Å². The fourth-order valence-electron chi connectivity index (χ4n) is 2.78. The summed E-state index contributed by atoms with van der Waals surface area (Å²) in [5.41, 5.74) is 1.48. The molecule has 124 valence electrons. The number of ether oxygens (including phenoxy) is 3. The molecule has 0 saturated carbocycles. The van der Waals surface area contributed by atoms with Gasteiger partial charge in [0, 0.05) is 11.6 Å². The first kappa shape index (κ1) is 14.6. The van der Waals surface area contributed by atoms with Crippen LogP contribution >= 0.6 is 0 Å². The minimum absolute atomic E-state index is 0.0975. The smallest absolute Gasteiger partial charge is 0.264 e. The molecule has 23 heavy (non-hydrogen) atoms. The van der Waals surface area contributed by atoms with E-state index in [0.717, 1.165) is 11.8 Å². The molecule has 0 aromatic heterocycles. The highest BCUT2D eigenvalue weighted by Gasteiger charge is 2.41. The summed E-state index contributed by atoms with van der Waals surface area (Å²) in [7, 11) is -3.53.